The predicted molar refractivity (Wildman–Crippen MR) is 84.7 cm³/mol. The molecule has 0 saturated carbocycles. The molecular weight excluding hydrogens is 334 g/mol. The van der Waals surface area contributed by atoms with E-state index in [2.05, 4.69) is 26.3 Å². The molecule has 0 aliphatic carbocycles. The van der Waals surface area contributed by atoms with E-state index in [0.29, 0.717) is 11.4 Å². The van der Waals surface area contributed by atoms with Crippen LogP contribution in [0.25, 0.3) is 0 Å². The molecule has 0 bridgehead atoms. The highest BCUT2D eigenvalue weighted by Crippen LogP contribution is 2.36. The van der Waals surface area contributed by atoms with E-state index < -0.39 is 0 Å². The maximum absolute atomic E-state index is 12.3. The SMILES string of the molecule is CC(C)n1[nH]c(=O)c2c1NC(=O)C[C@@H]2c1cccc(Br)c1. The zero-order valence-electron chi connectivity index (χ0n) is 11.8. The van der Waals surface area contributed by atoms with E-state index in [1.165, 1.54) is 0 Å². The van der Waals surface area contributed by atoms with Gasteiger partial charge in [-0.2, -0.15) is 0 Å². The number of benzene rings is 1. The molecule has 0 saturated heterocycles. The van der Waals surface area contributed by atoms with E-state index in [1.807, 2.05) is 38.1 Å². The molecule has 2 N–H and O–H groups in total. The van der Waals surface area contributed by atoms with Crippen molar-refractivity contribution in [2.45, 2.75) is 32.2 Å². The number of amides is 1. The van der Waals surface area contributed by atoms with Gasteiger partial charge in [-0.25, -0.2) is 0 Å². The first kappa shape index (κ1) is 14.1. The third-order valence-electron chi connectivity index (χ3n) is 3.73. The standard InChI is InChI=1S/C15H16BrN3O2/c1-8(2)19-14-13(15(21)18-19)11(7-12(20)17-14)9-4-3-5-10(16)6-9/h3-6,8,11H,7H2,1-2H3,(H,17,20)(H,18,21)/t11-/m1/s1. The molecule has 3 rings (SSSR count). The summed E-state index contributed by atoms with van der Waals surface area (Å²) >= 11 is 3.44. The molecule has 0 unspecified atom stereocenters. The number of rotatable bonds is 2. The minimum Gasteiger partial charge on any atom is -0.311 e. The third kappa shape index (κ3) is 2.44. The van der Waals surface area contributed by atoms with E-state index in [-0.39, 0.29) is 29.8 Å². The van der Waals surface area contributed by atoms with Crippen molar-refractivity contribution in [3.8, 4) is 0 Å². The average Bonchev–Trinajstić information content (AvgIpc) is 2.75. The highest BCUT2D eigenvalue weighted by molar-refractivity contribution is 9.10. The van der Waals surface area contributed by atoms with Crippen LogP contribution in [0.5, 0.6) is 0 Å². The van der Waals surface area contributed by atoms with Gasteiger partial charge in [0.2, 0.25) is 5.91 Å². The monoisotopic (exact) mass is 349 g/mol. The average molecular weight is 350 g/mol. The predicted octanol–water partition coefficient (Wildman–Crippen LogP) is 2.99. The van der Waals surface area contributed by atoms with Crippen molar-refractivity contribution in [1.29, 1.82) is 0 Å². The Labute approximate surface area is 130 Å². The Hall–Kier alpha value is -1.82. The van der Waals surface area contributed by atoms with Crippen LogP contribution in [0.1, 0.15) is 43.4 Å². The number of nitrogens with one attached hydrogen (secondary N) is 2. The topological polar surface area (TPSA) is 66.9 Å². The molecule has 1 aliphatic rings. The van der Waals surface area contributed by atoms with E-state index in [1.54, 1.807) is 4.68 Å². The fourth-order valence-electron chi connectivity index (χ4n) is 2.78. The summed E-state index contributed by atoms with van der Waals surface area (Å²) in [7, 11) is 0. The van der Waals surface area contributed by atoms with Gasteiger partial charge in [0.25, 0.3) is 5.56 Å². The van der Waals surface area contributed by atoms with Crippen LogP contribution in [0, 0.1) is 0 Å². The van der Waals surface area contributed by atoms with Crippen molar-refractivity contribution in [3.05, 3.63) is 50.2 Å². The van der Waals surface area contributed by atoms with Crippen LogP contribution in [0.4, 0.5) is 5.82 Å². The Morgan fingerprint density at radius 3 is 2.76 bits per heavy atom. The summed E-state index contributed by atoms with van der Waals surface area (Å²) in [6.45, 7) is 3.93. The molecule has 1 aliphatic heterocycles. The maximum atomic E-state index is 12.3. The van der Waals surface area contributed by atoms with E-state index >= 15 is 0 Å². The lowest BCUT2D eigenvalue weighted by Gasteiger charge is -2.24. The van der Waals surface area contributed by atoms with Crippen molar-refractivity contribution in [2.75, 3.05) is 5.32 Å². The summed E-state index contributed by atoms with van der Waals surface area (Å²) in [5, 5.41) is 5.65. The number of carbonyl (C=O) groups is 1. The summed E-state index contributed by atoms with van der Waals surface area (Å²) < 4.78 is 2.66. The van der Waals surface area contributed by atoms with Gasteiger partial charge < -0.3 is 5.32 Å². The van der Waals surface area contributed by atoms with E-state index in [9.17, 15) is 9.59 Å². The van der Waals surface area contributed by atoms with Crippen LogP contribution < -0.4 is 10.9 Å². The number of carbonyl (C=O) groups excluding carboxylic acids is 1. The van der Waals surface area contributed by atoms with Gasteiger partial charge in [0.1, 0.15) is 5.82 Å². The smallest absolute Gasteiger partial charge is 0.270 e. The molecule has 0 radical (unpaired) electrons. The zero-order chi connectivity index (χ0) is 15.1. The number of hydrogen-bond donors (Lipinski definition) is 2. The number of anilines is 1. The summed E-state index contributed by atoms with van der Waals surface area (Å²) in [5.41, 5.74) is 1.47. The molecule has 1 amide bonds. The van der Waals surface area contributed by atoms with Crippen molar-refractivity contribution in [1.82, 2.24) is 9.78 Å². The van der Waals surface area contributed by atoms with Gasteiger partial charge in [0.05, 0.1) is 5.56 Å². The summed E-state index contributed by atoms with van der Waals surface area (Å²) in [6.07, 6.45) is 0.286. The Bertz CT molecular complexity index is 761. The van der Waals surface area contributed by atoms with Gasteiger partial charge in [-0.15, -0.1) is 0 Å². The Morgan fingerprint density at radius 2 is 2.10 bits per heavy atom. The molecule has 21 heavy (non-hydrogen) atoms. The molecule has 6 heteroatoms. The number of halogens is 1. The molecule has 1 aromatic heterocycles. The Balaban J connectivity index is 2.18. The second-order valence-electron chi connectivity index (χ2n) is 5.53. The molecule has 1 atom stereocenters. The van der Waals surface area contributed by atoms with Gasteiger partial charge in [-0.1, -0.05) is 28.1 Å². The normalized spacial score (nSPS) is 17.7. The molecule has 1 aromatic carbocycles. The van der Waals surface area contributed by atoms with Gasteiger partial charge in [-0.3, -0.25) is 19.4 Å². The third-order valence-corrected chi connectivity index (χ3v) is 4.22. The largest absolute Gasteiger partial charge is 0.311 e. The highest BCUT2D eigenvalue weighted by atomic mass is 79.9. The lowest BCUT2D eigenvalue weighted by atomic mass is 9.87. The minimum atomic E-state index is -0.213. The number of nitrogens with zero attached hydrogens (tertiary/aromatic N) is 1. The zero-order valence-corrected chi connectivity index (χ0v) is 13.4. The summed E-state index contributed by atoms with van der Waals surface area (Å²) in [4.78, 5) is 24.4. The second-order valence-corrected chi connectivity index (χ2v) is 6.44. The van der Waals surface area contributed by atoms with Crippen molar-refractivity contribution < 1.29 is 4.79 Å². The molecular formula is C15H16BrN3O2. The van der Waals surface area contributed by atoms with Crippen LogP contribution in [0.3, 0.4) is 0 Å². The van der Waals surface area contributed by atoms with Crippen molar-refractivity contribution >= 4 is 27.7 Å². The molecule has 5 nitrogen and oxygen atoms in total. The number of H-pyrrole nitrogens is 1. The lowest BCUT2D eigenvalue weighted by Crippen LogP contribution is -2.27. The first-order chi connectivity index (χ1) is 9.97. The van der Waals surface area contributed by atoms with Crippen LogP contribution in [0.15, 0.2) is 33.5 Å². The fraction of sp³-hybridized carbons (Fsp3) is 0.333. The minimum absolute atomic E-state index is 0.0686. The molecule has 110 valence electrons. The van der Waals surface area contributed by atoms with Crippen LogP contribution in [-0.4, -0.2) is 15.7 Å². The number of aromatic nitrogens is 2. The van der Waals surface area contributed by atoms with Crippen molar-refractivity contribution in [2.24, 2.45) is 0 Å². The number of fused-ring (bicyclic) bond motifs is 1. The number of aromatic amines is 1. The number of hydrogen-bond acceptors (Lipinski definition) is 2. The summed E-state index contributed by atoms with van der Waals surface area (Å²) in [6, 6.07) is 7.82. The highest BCUT2D eigenvalue weighted by Gasteiger charge is 2.32. The lowest BCUT2D eigenvalue weighted by molar-refractivity contribution is -0.116. The van der Waals surface area contributed by atoms with Crippen molar-refractivity contribution in [3.63, 3.8) is 0 Å². The Morgan fingerprint density at radius 1 is 1.33 bits per heavy atom. The molecule has 2 aromatic rings. The molecule has 0 fully saturated rings. The van der Waals surface area contributed by atoms with Gasteiger partial charge in [-0.05, 0) is 31.5 Å². The van der Waals surface area contributed by atoms with Crippen LogP contribution in [0.2, 0.25) is 0 Å². The quantitative estimate of drug-likeness (QED) is 0.874. The van der Waals surface area contributed by atoms with Gasteiger partial charge >= 0.3 is 0 Å². The first-order valence-electron chi connectivity index (χ1n) is 6.87. The summed E-state index contributed by atoms with van der Waals surface area (Å²) in [5.74, 6) is 0.312. The van der Waals surface area contributed by atoms with E-state index in [4.69, 9.17) is 0 Å². The first-order valence-corrected chi connectivity index (χ1v) is 7.66. The Kier molecular flexibility index (Phi) is 3.49. The molecule has 2 heterocycles. The van der Waals surface area contributed by atoms with Crippen LogP contribution >= 0.6 is 15.9 Å². The van der Waals surface area contributed by atoms with Crippen LogP contribution in [-0.2, 0) is 4.79 Å². The second kappa shape index (κ2) is 5.18. The fourth-order valence-corrected chi connectivity index (χ4v) is 3.20. The van der Waals surface area contributed by atoms with E-state index in [0.717, 1.165) is 10.0 Å². The van der Waals surface area contributed by atoms with Gasteiger partial charge in [0, 0.05) is 22.9 Å². The van der Waals surface area contributed by atoms with Gasteiger partial charge in [0.15, 0.2) is 0 Å². The maximum Gasteiger partial charge on any atom is 0.270 e. The molecule has 0 spiro atoms.